The number of nitrogens with zero attached hydrogens (tertiary/aromatic N) is 1. The number of carbonyl (C=O) groups excluding carboxylic acids is 2. The minimum absolute atomic E-state index is 0.0307. The molecule has 0 saturated carbocycles. The van der Waals surface area contributed by atoms with Crippen molar-refractivity contribution in [1.82, 2.24) is 10.2 Å². The maximum Gasteiger partial charge on any atom is 0.352 e. The van der Waals surface area contributed by atoms with E-state index in [1.54, 1.807) is 12.1 Å². The highest BCUT2D eigenvalue weighted by Gasteiger charge is 2.54. The van der Waals surface area contributed by atoms with E-state index in [-0.39, 0.29) is 23.6 Å². The molecule has 2 amide bonds. The van der Waals surface area contributed by atoms with Gasteiger partial charge in [0, 0.05) is 11.4 Å². The molecule has 0 radical (unpaired) electrons. The summed E-state index contributed by atoms with van der Waals surface area (Å²) in [6.45, 7) is -0.0307. The summed E-state index contributed by atoms with van der Waals surface area (Å²) >= 11 is 1.24. The smallest absolute Gasteiger partial charge is 0.352 e. The first-order chi connectivity index (χ1) is 12.9. The van der Waals surface area contributed by atoms with E-state index in [9.17, 15) is 24.3 Å². The molecule has 27 heavy (non-hydrogen) atoms. The molecule has 2 aliphatic rings. The summed E-state index contributed by atoms with van der Waals surface area (Å²) in [5, 5.41) is 23.3. The first-order valence-electron chi connectivity index (χ1n) is 8.08. The van der Waals surface area contributed by atoms with Crippen molar-refractivity contribution in [3.05, 3.63) is 41.6 Å². The zero-order chi connectivity index (χ0) is 19.6. The van der Waals surface area contributed by atoms with Gasteiger partial charge in [-0.05, 0) is 17.7 Å². The van der Waals surface area contributed by atoms with Crippen molar-refractivity contribution in [3.8, 4) is 0 Å². The number of thioether (sulfide) groups is 1. The summed E-state index contributed by atoms with van der Waals surface area (Å²) in [5.74, 6) is -3.28. The Morgan fingerprint density at radius 3 is 2.52 bits per heavy atom. The van der Waals surface area contributed by atoms with Crippen LogP contribution < -0.4 is 10.6 Å². The van der Waals surface area contributed by atoms with E-state index >= 15 is 0 Å². The Labute approximate surface area is 158 Å². The van der Waals surface area contributed by atoms with E-state index in [0.717, 1.165) is 10.6 Å². The van der Waals surface area contributed by atoms with Crippen LogP contribution in [0.15, 0.2) is 41.6 Å². The Morgan fingerprint density at radius 2 is 1.89 bits per heavy atom. The first-order valence-corrected chi connectivity index (χ1v) is 9.13. The van der Waals surface area contributed by atoms with Gasteiger partial charge in [-0.3, -0.25) is 19.3 Å². The second-order valence-corrected chi connectivity index (χ2v) is 7.11. The quantitative estimate of drug-likeness (QED) is 0.488. The maximum atomic E-state index is 12.4. The number of carboxylic acids is 2. The van der Waals surface area contributed by atoms with Gasteiger partial charge in [-0.1, -0.05) is 18.2 Å². The average molecular weight is 391 g/mol. The zero-order valence-corrected chi connectivity index (χ0v) is 14.9. The summed E-state index contributed by atoms with van der Waals surface area (Å²) in [7, 11) is 0. The Morgan fingerprint density at radius 1 is 1.19 bits per heavy atom. The third-order valence-corrected chi connectivity index (χ3v) is 5.50. The third kappa shape index (κ3) is 3.90. The van der Waals surface area contributed by atoms with Crippen molar-refractivity contribution >= 4 is 41.2 Å². The van der Waals surface area contributed by atoms with Crippen LogP contribution in [0.4, 0.5) is 5.69 Å². The number of benzene rings is 1. The van der Waals surface area contributed by atoms with Gasteiger partial charge in [0.1, 0.15) is 17.1 Å². The molecule has 1 aromatic carbocycles. The van der Waals surface area contributed by atoms with E-state index < -0.39 is 41.6 Å². The van der Waals surface area contributed by atoms with Gasteiger partial charge in [-0.2, -0.15) is 0 Å². The van der Waals surface area contributed by atoms with Gasteiger partial charge < -0.3 is 20.8 Å². The molecule has 2 atom stereocenters. The van der Waals surface area contributed by atoms with Crippen molar-refractivity contribution in [3.63, 3.8) is 0 Å². The molecule has 10 heteroatoms. The highest BCUT2D eigenvalue weighted by molar-refractivity contribution is 8.00. The SMILES string of the molecule is O=C(O)CC1=C(C(=O)O)N2C(=O)[C@@H](NC(=O)CNc3ccccc3)[C@H]2SC1. The number of aliphatic carboxylic acids is 2. The standard InChI is InChI=1S/C17H17N3O6S/c21-11(7-18-10-4-2-1-3-5-10)19-13-15(24)20-14(17(25)26)9(6-12(22)23)8-27-16(13)20/h1-5,13,16,18H,6-8H2,(H,19,21)(H,22,23)(H,25,26)/t13-,16-/m1/s1. The topological polar surface area (TPSA) is 136 Å². The molecule has 0 bridgehead atoms. The van der Waals surface area contributed by atoms with Crippen molar-refractivity contribution in [2.45, 2.75) is 17.8 Å². The van der Waals surface area contributed by atoms with Gasteiger partial charge in [-0.25, -0.2) is 4.79 Å². The number of para-hydroxylation sites is 1. The monoisotopic (exact) mass is 391 g/mol. The van der Waals surface area contributed by atoms with Crippen LogP contribution >= 0.6 is 11.8 Å². The lowest BCUT2D eigenvalue weighted by Gasteiger charge is -2.49. The summed E-state index contributed by atoms with van der Waals surface area (Å²) in [5.41, 5.74) is 0.648. The molecule has 2 heterocycles. The zero-order valence-electron chi connectivity index (χ0n) is 14.0. The number of hydrogen-bond acceptors (Lipinski definition) is 6. The van der Waals surface area contributed by atoms with Crippen LogP contribution in [0.25, 0.3) is 0 Å². The molecular weight excluding hydrogens is 374 g/mol. The van der Waals surface area contributed by atoms with Crippen LogP contribution in [0, 0.1) is 0 Å². The van der Waals surface area contributed by atoms with Gasteiger partial charge in [0.15, 0.2) is 0 Å². The van der Waals surface area contributed by atoms with Crippen LogP contribution in [0.3, 0.4) is 0 Å². The highest BCUT2D eigenvalue weighted by atomic mass is 32.2. The number of rotatable bonds is 7. The number of carboxylic acid groups (broad SMARTS) is 2. The van der Waals surface area contributed by atoms with Crippen LogP contribution in [0.5, 0.6) is 0 Å². The fourth-order valence-corrected chi connectivity index (χ4v) is 4.31. The number of amides is 2. The number of β-lactam (4-membered cyclic amide) rings is 1. The summed E-state index contributed by atoms with van der Waals surface area (Å²) in [6.07, 6.45) is -0.441. The van der Waals surface area contributed by atoms with Crippen molar-refractivity contribution in [1.29, 1.82) is 0 Å². The number of hydrogen-bond donors (Lipinski definition) is 4. The molecule has 0 aliphatic carbocycles. The van der Waals surface area contributed by atoms with Crippen LogP contribution in [0.2, 0.25) is 0 Å². The lowest BCUT2D eigenvalue weighted by Crippen LogP contribution is -2.70. The fourth-order valence-electron chi connectivity index (χ4n) is 2.96. The molecule has 4 N–H and O–H groups in total. The molecule has 0 aromatic heterocycles. The Bertz CT molecular complexity index is 825. The number of nitrogens with one attached hydrogen (secondary N) is 2. The fraction of sp³-hybridized carbons (Fsp3) is 0.294. The van der Waals surface area contributed by atoms with E-state index in [0.29, 0.717) is 0 Å². The summed E-state index contributed by atoms with van der Waals surface area (Å²) < 4.78 is 0. The molecule has 3 rings (SSSR count). The maximum absolute atomic E-state index is 12.4. The van der Waals surface area contributed by atoms with E-state index in [4.69, 9.17) is 5.11 Å². The van der Waals surface area contributed by atoms with Crippen LogP contribution in [-0.4, -0.2) is 62.6 Å². The van der Waals surface area contributed by atoms with E-state index in [2.05, 4.69) is 10.6 Å². The number of anilines is 1. The minimum Gasteiger partial charge on any atom is -0.481 e. The van der Waals surface area contributed by atoms with Gasteiger partial charge in [0.2, 0.25) is 5.91 Å². The predicted octanol–water partition coefficient (Wildman–Crippen LogP) is 0.312. The lowest BCUT2D eigenvalue weighted by molar-refractivity contribution is -0.150. The van der Waals surface area contributed by atoms with Crippen molar-refractivity contribution < 1.29 is 29.4 Å². The normalized spacial score (nSPS) is 21.2. The molecule has 1 aromatic rings. The van der Waals surface area contributed by atoms with Gasteiger partial charge in [-0.15, -0.1) is 11.8 Å². The molecule has 0 spiro atoms. The largest absolute Gasteiger partial charge is 0.481 e. The van der Waals surface area contributed by atoms with Gasteiger partial charge in [0.25, 0.3) is 5.91 Å². The molecule has 1 saturated heterocycles. The Balaban J connectivity index is 1.64. The molecular formula is C17H17N3O6S. The van der Waals surface area contributed by atoms with Gasteiger partial charge in [0.05, 0.1) is 13.0 Å². The second-order valence-electron chi connectivity index (χ2n) is 6.00. The lowest BCUT2D eigenvalue weighted by atomic mass is 10.0. The Hall–Kier alpha value is -3.01. The van der Waals surface area contributed by atoms with E-state index in [1.807, 2.05) is 18.2 Å². The Kier molecular flexibility index (Phi) is 5.36. The molecule has 0 unspecified atom stereocenters. The number of carbonyl (C=O) groups is 4. The molecule has 1 fully saturated rings. The molecule has 142 valence electrons. The van der Waals surface area contributed by atoms with Gasteiger partial charge >= 0.3 is 11.9 Å². The van der Waals surface area contributed by atoms with E-state index in [1.165, 1.54) is 11.8 Å². The predicted molar refractivity (Wildman–Crippen MR) is 96.9 cm³/mol. The third-order valence-electron chi connectivity index (χ3n) is 4.16. The van der Waals surface area contributed by atoms with Crippen LogP contribution in [0.1, 0.15) is 6.42 Å². The van der Waals surface area contributed by atoms with Crippen molar-refractivity contribution in [2.75, 3.05) is 17.6 Å². The summed E-state index contributed by atoms with van der Waals surface area (Å²) in [4.78, 5) is 48.0. The highest BCUT2D eigenvalue weighted by Crippen LogP contribution is 2.41. The average Bonchev–Trinajstić information content (AvgIpc) is 2.64. The molecule has 2 aliphatic heterocycles. The second kappa shape index (κ2) is 7.70. The first kappa shape index (κ1) is 18.8. The van der Waals surface area contributed by atoms with Crippen molar-refractivity contribution in [2.24, 2.45) is 0 Å². The number of fused-ring (bicyclic) bond motifs is 1. The minimum atomic E-state index is -1.35. The van der Waals surface area contributed by atoms with Crippen LogP contribution in [-0.2, 0) is 19.2 Å². The summed E-state index contributed by atoms with van der Waals surface area (Å²) in [6, 6.07) is 8.25. The molecule has 9 nitrogen and oxygen atoms in total.